The van der Waals surface area contributed by atoms with Crippen LogP contribution in [0.4, 0.5) is 0 Å². The summed E-state index contributed by atoms with van der Waals surface area (Å²) >= 11 is 0. The third kappa shape index (κ3) is 3.10. The molecule has 2 rings (SSSR count). The molecular weight excluding hydrogens is 286 g/mol. The van der Waals surface area contributed by atoms with Gasteiger partial charge in [0.1, 0.15) is 0 Å². The van der Waals surface area contributed by atoms with Crippen molar-refractivity contribution in [3.05, 3.63) is 55.1 Å². The van der Waals surface area contributed by atoms with E-state index in [0.29, 0.717) is 19.4 Å². The van der Waals surface area contributed by atoms with Crippen LogP contribution in [0.3, 0.4) is 0 Å². The fourth-order valence-corrected chi connectivity index (χ4v) is 4.15. The van der Waals surface area contributed by atoms with E-state index in [4.69, 9.17) is 0 Å². The molecular formula is C16H21NO3S. The van der Waals surface area contributed by atoms with Gasteiger partial charge in [0, 0.05) is 6.54 Å². The smallest absolute Gasteiger partial charge is 0.243 e. The quantitative estimate of drug-likeness (QED) is 0.621. The van der Waals surface area contributed by atoms with Crippen molar-refractivity contribution in [2.24, 2.45) is 0 Å². The highest BCUT2D eigenvalue weighted by Crippen LogP contribution is 2.39. The zero-order chi connectivity index (χ0) is 15.7. The maximum Gasteiger partial charge on any atom is 0.243 e. The van der Waals surface area contributed by atoms with E-state index in [2.05, 4.69) is 13.2 Å². The van der Waals surface area contributed by atoms with Gasteiger partial charge in [-0.05, 0) is 31.9 Å². The van der Waals surface area contributed by atoms with Crippen molar-refractivity contribution in [1.82, 2.24) is 4.31 Å². The summed E-state index contributed by atoms with van der Waals surface area (Å²) in [5.74, 6) is 0. The Morgan fingerprint density at radius 3 is 2.29 bits per heavy atom. The molecule has 0 bridgehead atoms. The molecule has 1 aromatic carbocycles. The maximum atomic E-state index is 12.5. The van der Waals surface area contributed by atoms with Gasteiger partial charge in [-0.15, -0.1) is 13.2 Å². The van der Waals surface area contributed by atoms with Gasteiger partial charge in [0.15, 0.2) is 0 Å². The van der Waals surface area contributed by atoms with Crippen LogP contribution < -0.4 is 0 Å². The minimum atomic E-state index is -3.55. The molecule has 21 heavy (non-hydrogen) atoms. The van der Waals surface area contributed by atoms with Gasteiger partial charge in [-0.2, -0.15) is 4.31 Å². The maximum absolute atomic E-state index is 12.5. The van der Waals surface area contributed by atoms with Crippen LogP contribution in [0, 0.1) is 6.92 Å². The molecule has 0 aromatic heterocycles. The molecule has 1 aliphatic heterocycles. The number of aryl methyl sites for hydroxylation is 1. The van der Waals surface area contributed by atoms with Crippen LogP contribution >= 0.6 is 0 Å². The molecule has 0 spiro atoms. The average molecular weight is 307 g/mol. The SMILES string of the molecule is C=CCC(O)(CC=C)C1CN1S(=O)(=O)c1ccc(C)cc1. The van der Waals surface area contributed by atoms with Crippen molar-refractivity contribution in [2.75, 3.05) is 6.54 Å². The summed E-state index contributed by atoms with van der Waals surface area (Å²) in [6.07, 6.45) is 3.89. The highest BCUT2D eigenvalue weighted by atomic mass is 32.2. The Labute approximate surface area is 126 Å². The van der Waals surface area contributed by atoms with Crippen LogP contribution in [0.1, 0.15) is 18.4 Å². The Kier molecular flexibility index (Phi) is 4.37. The van der Waals surface area contributed by atoms with Gasteiger partial charge in [-0.3, -0.25) is 0 Å². The zero-order valence-corrected chi connectivity index (χ0v) is 13.0. The van der Waals surface area contributed by atoms with Gasteiger partial charge in [0.05, 0.1) is 16.5 Å². The summed E-state index contributed by atoms with van der Waals surface area (Å²) in [7, 11) is -3.55. The van der Waals surface area contributed by atoms with Gasteiger partial charge in [0.25, 0.3) is 0 Å². The first-order valence-electron chi connectivity index (χ1n) is 6.88. The lowest BCUT2D eigenvalue weighted by Crippen LogP contribution is -2.37. The minimum absolute atomic E-state index is 0.259. The summed E-state index contributed by atoms with van der Waals surface area (Å²) in [6, 6.07) is 6.32. The van der Waals surface area contributed by atoms with Crippen LogP contribution in [0.5, 0.6) is 0 Å². The second kappa shape index (κ2) is 5.75. The molecule has 1 aliphatic rings. The monoisotopic (exact) mass is 307 g/mol. The molecule has 0 saturated carbocycles. The Morgan fingerprint density at radius 2 is 1.81 bits per heavy atom. The number of aliphatic hydroxyl groups is 1. The van der Waals surface area contributed by atoms with E-state index in [1.807, 2.05) is 6.92 Å². The molecule has 4 nitrogen and oxygen atoms in total. The van der Waals surface area contributed by atoms with Crippen molar-refractivity contribution >= 4 is 10.0 Å². The lowest BCUT2D eigenvalue weighted by atomic mass is 9.92. The fourth-order valence-electron chi connectivity index (χ4n) is 2.53. The molecule has 5 heteroatoms. The second-order valence-corrected chi connectivity index (χ2v) is 7.38. The molecule has 0 amide bonds. The summed E-state index contributed by atoms with van der Waals surface area (Å²) in [5.41, 5.74) is -0.118. The van der Waals surface area contributed by atoms with E-state index < -0.39 is 21.7 Å². The fraction of sp³-hybridized carbons (Fsp3) is 0.375. The first-order valence-corrected chi connectivity index (χ1v) is 8.32. The molecule has 1 saturated heterocycles. The van der Waals surface area contributed by atoms with E-state index in [0.717, 1.165) is 5.56 Å². The standard InChI is InChI=1S/C16H21NO3S/c1-4-10-16(18,11-5-2)15-12-17(15)21(19,20)14-8-6-13(3)7-9-14/h4-9,15,18H,1-2,10-12H2,3H3. The normalized spacial score (nSPS) is 21.8. The number of rotatable bonds is 7. The van der Waals surface area contributed by atoms with Crippen molar-refractivity contribution in [3.8, 4) is 0 Å². The summed E-state index contributed by atoms with van der Waals surface area (Å²) < 4.78 is 26.4. The van der Waals surface area contributed by atoms with Crippen molar-refractivity contribution in [2.45, 2.75) is 36.3 Å². The van der Waals surface area contributed by atoms with Gasteiger partial charge < -0.3 is 5.11 Å². The average Bonchev–Trinajstić information content (AvgIpc) is 3.21. The molecule has 1 N–H and O–H groups in total. The minimum Gasteiger partial charge on any atom is -0.388 e. The molecule has 2 unspecified atom stereocenters. The van der Waals surface area contributed by atoms with E-state index >= 15 is 0 Å². The Balaban J connectivity index is 2.23. The lowest BCUT2D eigenvalue weighted by molar-refractivity contribution is 0.0385. The topological polar surface area (TPSA) is 57.4 Å². The van der Waals surface area contributed by atoms with Crippen molar-refractivity contribution in [3.63, 3.8) is 0 Å². The molecule has 1 aromatic rings. The van der Waals surface area contributed by atoms with E-state index in [1.54, 1.807) is 36.4 Å². The highest BCUT2D eigenvalue weighted by molar-refractivity contribution is 7.89. The number of sulfonamides is 1. The molecule has 114 valence electrons. The van der Waals surface area contributed by atoms with E-state index in [1.165, 1.54) is 4.31 Å². The van der Waals surface area contributed by atoms with Crippen LogP contribution in [0.25, 0.3) is 0 Å². The summed E-state index contributed by atoms with van der Waals surface area (Å²) in [4.78, 5) is 0.259. The van der Waals surface area contributed by atoms with Crippen LogP contribution in [0.2, 0.25) is 0 Å². The Hall–Kier alpha value is -1.43. The second-order valence-electron chi connectivity index (χ2n) is 5.49. The van der Waals surface area contributed by atoms with Gasteiger partial charge in [-0.25, -0.2) is 8.42 Å². The van der Waals surface area contributed by atoms with E-state index in [9.17, 15) is 13.5 Å². The van der Waals surface area contributed by atoms with Crippen LogP contribution in [-0.4, -0.2) is 36.0 Å². The lowest BCUT2D eigenvalue weighted by Gasteiger charge is -2.25. The highest BCUT2D eigenvalue weighted by Gasteiger charge is 2.55. The predicted octanol–water partition coefficient (Wildman–Crippen LogP) is 2.25. The van der Waals surface area contributed by atoms with Gasteiger partial charge in [-0.1, -0.05) is 29.8 Å². The third-order valence-electron chi connectivity index (χ3n) is 3.81. The largest absolute Gasteiger partial charge is 0.388 e. The van der Waals surface area contributed by atoms with Crippen molar-refractivity contribution in [1.29, 1.82) is 0 Å². The van der Waals surface area contributed by atoms with E-state index in [-0.39, 0.29) is 4.90 Å². The molecule has 1 heterocycles. The summed E-state index contributed by atoms with van der Waals surface area (Å²) in [6.45, 7) is 9.50. The Bertz CT molecular complexity index is 624. The molecule has 0 aliphatic carbocycles. The van der Waals surface area contributed by atoms with Gasteiger partial charge >= 0.3 is 0 Å². The van der Waals surface area contributed by atoms with Crippen LogP contribution in [0.15, 0.2) is 54.5 Å². The number of hydrogen-bond donors (Lipinski definition) is 1. The van der Waals surface area contributed by atoms with Gasteiger partial charge in [0.2, 0.25) is 10.0 Å². The molecule has 0 radical (unpaired) electrons. The first kappa shape index (κ1) is 15.9. The first-order chi connectivity index (χ1) is 9.85. The van der Waals surface area contributed by atoms with Crippen LogP contribution in [-0.2, 0) is 10.0 Å². The summed E-state index contributed by atoms with van der Waals surface area (Å²) in [5, 5.41) is 10.6. The number of benzene rings is 1. The zero-order valence-electron chi connectivity index (χ0n) is 12.2. The molecule has 2 atom stereocenters. The van der Waals surface area contributed by atoms with Crippen molar-refractivity contribution < 1.29 is 13.5 Å². The third-order valence-corrected chi connectivity index (χ3v) is 5.70. The number of nitrogens with zero attached hydrogens (tertiary/aromatic N) is 1. The number of hydrogen-bond acceptors (Lipinski definition) is 3. The predicted molar refractivity (Wildman–Crippen MR) is 83.4 cm³/mol. The Morgan fingerprint density at radius 1 is 1.29 bits per heavy atom. The molecule has 1 fully saturated rings.